The summed E-state index contributed by atoms with van der Waals surface area (Å²) in [5.74, 6) is -0.469. The Morgan fingerprint density at radius 1 is 1.22 bits per heavy atom. The van der Waals surface area contributed by atoms with Gasteiger partial charge in [0.2, 0.25) is 0 Å². The molecule has 0 unspecified atom stereocenters. The lowest BCUT2D eigenvalue weighted by Crippen LogP contribution is -2.35. The summed E-state index contributed by atoms with van der Waals surface area (Å²) in [5, 5.41) is 2.35. The molecule has 0 spiro atoms. The number of carbonyl (C=O) groups excluding carboxylic acids is 1. The van der Waals surface area contributed by atoms with Crippen LogP contribution < -0.4 is 5.32 Å². The van der Waals surface area contributed by atoms with Gasteiger partial charge in [-0.15, -0.1) is 0 Å². The fourth-order valence-electron chi connectivity index (χ4n) is 2.39. The summed E-state index contributed by atoms with van der Waals surface area (Å²) in [6, 6.07) is 8.39. The van der Waals surface area contributed by atoms with E-state index < -0.39 is 28.2 Å². The van der Waals surface area contributed by atoms with E-state index in [1.807, 2.05) is 12.1 Å². The average molecular weight is 341 g/mol. The number of benzene rings is 1. The summed E-state index contributed by atoms with van der Waals surface area (Å²) in [5.41, 5.74) is -0.661. The van der Waals surface area contributed by atoms with Gasteiger partial charge in [0, 0.05) is 11.8 Å². The molecule has 1 heterocycles. The average Bonchev–Trinajstić information content (AvgIpc) is 3.27. The number of halogens is 4. The Balaban J connectivity index is 1.81. The molecule has 2 aromatic rings. The Morgan fingerprint density at radius 3 is 2.48 bits per heavy atom. The van der Waals surface area contributed by atoms with E-state index in [-0.39, 0.29) is 5.56 Å². The molecule has 1 aromatic carbocycles. The predicted octanol–water partition coefficient (Wildman–Crippen LogP) is 4.17. The number of nitrogens with zero attached hydrogens (tertiary/aromatic N) is 1. The Bertz CT molecular complexity index is 743. The Kier molecular flexibility index (Phi) is 3.80. The highest BCUT2D eigenvalue weighted by Crippen LogP contribution is 2.44. The van der Waals surface area contributed by atoms with Crippen molar-refractivity contribution in [2.24, 2.45) is 0 Å². The van der Waals surface area contributed by atoms with Crippen molar-refractivity contribution in [1.29, 1.82) is 0 Å². The van der Waals surface area contributed by atoms with Crippen molar-refractivity contribution in [2.75, 3.05) is 0 Å². The van der Waals surface area contributed by atoms with Crippen LogP contribution in [-0.2, 0) is 11.7 Å². The monoisotopic (exact) mass is 340 g/mol. The number of rotatable bonds is 3. The van der Waals surface area contributed by atoms with Crippen LogP contribution in [0, 0.1) is 0 Å². The second-order valence-electron chi connectivity index (χ2n) is 5.44. The van der Waals surface area contributed by atoms with Crippen molar-refractivity contribution in [3.63, 3.8) is 0 Å². The maximum absolute atomic E-state index is 12.7. The first-order chi connectivity index (χ1) is 10.8. The van der Waals surface area contributed by atoms with Gasteiger partial charge in [0.1, 0.15) is 0 Å². The van der Waals surface area contributed by atoms with Crippen LogP contribution in [0.3, 0.4) is 0 Å². The zero-order valence-electron chi connectivity index (χ0n) is 11.8. The minimum atomic E-state index is -4.54. The first-order valence-electron chi connectivity index (χ1n) is 6.93. The SMILES string of the molecule is O=C(NC1(c2ccccn2)CC1)c1ccc(C(F)(F)F)c(Cl)c1. The molecule has 0 saturated heterocycles. The number of hydrogen-bond acceptors (Lipinski definition) is 2. The maximum Gasteiger partial charge on any atom is 0.417 e. The summed E-state index contributed by atoms with van der Waals surface area (Å²) in [4.78, 5) is 16.5. The second-order valence-corrected chi connectivity index (χ2v) is 5.85. The maximum atomic E-state index is 12.7. The molecule has 1 aromatic heterocycles. The van der Waals surface area contributed by atoms with Gasteiger partial charge >= 0.3 is 6.18 Å². The van der Waals surface area contributed by atoms with Gasteiger partial charge in [-0.25, -0.2) is 0 Å². The fourth-order valence-corrected chi connectivity index (χ4v) is 2.68. The van der Waals surface area contributed by atoms with Crippen molar-refractivity contribution in [3.8, 4) is 0 Å². The molecule has 1 saturated carbocycles. The number of carbonyl (C=O) groups is 1. The van der Waals surface area contributed by atoms with E-state index in [0.717, 1.165) is 36.7 Å². The third-order valence-corrected chi connectivity index (χ3v) is 4.11. The molecule has 3 rings (SSSR count). The first kappa shape index (κ1) is 15.8. The van der Waals surface area contributed by atoms with Gasteiger partial charge in [-0.3, -0.25) is 9.78 Å². The van der Waals surface area contributed by atoms with Crippen molar-refractivity contribution in [1.82, 2.24) is 10.3 Å². The topological polar surface area (TPSA) is 42.0 Å². The van der Waals surface area contributed by atoms with E-state index in [1.54, 1.807) is 12.3 Å². The molecule has 23 heavy (non-hydrogen) atoms. The third-order valence-electron chi connectivity index (χ3n) is 3.79. The van der Waals surface area contributed by atoms with Gasteiger partial charge in [-0.2, -0.15) is 13.2 Å². The summed E-state index contributed by atoms with van der Waals surface area (Å²) >= 11 is 5.65. The molecule has 1 fully saturated rings. The normalized spacial score (nSPS) is 16.0. The Hall–Kier alpha value is -2.08. The van der Waals surface area contributed by atoms with E-state index in [0.29, 0.717) is 0 Å². The number of pyridine rings is 1. The van der Waals surface area contributed by atoms with Gasteiger partial charge in [-0.1, -0.05) is 17.7 Å². The van der Waals surface area contributed by atoms with E-state index in [2.05, 4.69) is 10.3 Å². The molecule has 0 bridgehead atoms. The number of alkyl halides is 3. The minimum Gasteiger partial charge on any atom is -0.341 e. The summed E-state index contributed by atoms with van der Waals surface area (Å²) < 4.78 is 38.1. The molecule has 0 aliphatic heterocycles. The van der Waals surface area contributed by atoms with E-state index >= 15 is 0 Å². The van der Waals surface area contributed by atoms with Gasteiger partial charge in [0.25, 0.3) is 5.91 Å². The third kappa shape index (κ3) is 3.17. The highest BCUT2D eigenvalue weighted by molar-refractivity contribution is 6.31. The molecule has 0 atom stereocenters. The quantitative estimate of drug-likeness (QED) is 0.911. The van der Waals surface area contributed by atoms with Crippen LogP contribution in [0.4, 0.5) is 13.2 Å². The number of amides is 1. The number of nitrogens with one attached hydrogen (secondary N) is 1. The zero-order chi connectivity index (χ0) is 16.7. The van der Waals surface area contributed by atoms with Gasteiger partial charge in [-0.05, 0) is 43.2 Å². The van der Waals surface area contributed by atoms with E-state index in [1.165, 1.54) is 0 Å². The highest BCUT2D eigenvalue weighted by atomic mass is 35.5. The molecule has 1 aliphatic carbocycles. The van der Waals surface area contributed by atoms with Crippen LogP contribution in [0.15, 0.2) is 42.6 Å². The van der Waals surface area contributed by atoms with Crippen LogP contribution in [-0.4, -0.2) is 10.9 Å². The van der Waals surface area contributed by atoms with Crippen molar-refractivity contribution in [2.45, 2.75) is 24.6 Å². The Morgan fingerprint density at radius 2 is 1.96 bits per heavy atom. The molecule has 1 aliphatic rings. The lowest BCUT2D eigenvalue weighted by atomic mass is 10.1. The second kappa shape index (κ2) is 5.53. The van der Waals surface area contributed by atoms with Crippen molar-refractivity contribution < 1.29 is 18.0 Å². The van der Waals surface area contributed by atoms with Crippen molar-refractivity contribution in [3.05, 3.63) is 64.4 Å². The summed E-state index contributed by atoms with van der Waals surface area (Å²) in [6.07, 6.45) is -1.43. The highest BCUT2D eigenvalue weighted by Gasteiger charge is 2.47. The fraction of sp³-hybridized carbons (Fsp3) is 0.250. The van der Waals surface area contributed by atoms with E-state index in [4.69, 9.17) is 11.6 Å². The molecular formula is C16H12ClF3N2O. The molecule has 1 amide bonds. The van der Waals surface area contributed by atoms with E-state index in [9.17, 15) is 18.0 Å². The predicted molar refractivity (Wildman–Crippen MR) is 79.1 cm³/mol. The lowest BCUT2D eigenvalue weighted by molar-refractivity contribution is -0.137. The van der Waals surface area contributed by atoms with Gasteiger partial charge in [0.05, 0.1) is 21.8 Å². The standard InChI is InChI=1S/C16H12ClF3N2O/c17-12-9-10(4-5-11(12)16(18,19)20)14(23)22-15(6-7-15)13-3-1-2-8-21-13/h1-5,8-9H,6-7H2,(H,22,23). The van der Waals surface area contributed by atoms with Gasteiger partial charge < -0.3 is 5.32 Å². The largest absolute Gasteiger partial charge is 0.417 e. The summed E-state index contributed by atoms with van der Waals surface area (Å²) in [6.45, 7) is 0. The smallest absolute Gasteiger partial charge is 0.341 e. The summed E-state index contributed by atoms with van der Waals surface area (Å²) in [7, 11) is 0. The number of hydrogen-bond donors (Lipinski definition) is 1. The van der Waals surface area contributed by atoms with Crippen molar-refractivity contribution >= 4 is 17.5 Å². The molecular weight excluding hydrogens is 329 g/mol. The number of aromatic nitrogens is 1. The Labute approximate surface area is 135 Å². The molecule has 7 heteroatoms. The molecule has 0 radical (unpaired) electrons. The van der Waals surface area contributed by atoms with Crippen LogP contribution in [0.25, 0.3) is 0 Å². The van der Waals surface area contributed by atoms with Gasteiger partial charge in [0.15, 0.2) is 0 Å². The van der Waals surface area contributed by atoms with Crippen LogP contribution in [0.5, 0.6) is 0 Å². The van der Waals surface area contributed by atoms with Crippen LogP contribution in [0.1, 0.15) is 34.5 Å². The molecule has 3 nitrogen and oxygen atoms in total. The minimum absolute atomic E-state index is 0.0882. The zero-order valence-corrected chi connectivity index (χ0v) is 12.6. The molecule has 1 N–H and O–H groups in total. The first-order valence-corrected chi connectivity index (χ1v) is 7.30. The van der Waals surface area contributed by atoms with Crippen LogP contribution in [0.2, 0.25) is 5.02 Å². The molecule has 120 valence electrons. The van der Waals surface area contributed by atoms with Crippen LogP contribution >= 0.6 is 11.6 Å². The lowest BCUT2D eigenvalue weighted by Gasteiger charge is -2.17.